The summed E-state index contributed by atoms with van der Waals surface area (Å²) in [6.07, 6.45) is 5.43. The van der Waals surface area contributed by atoms with Crippen molar-refractivity contribution in [3.63, 3.8) is 0 Å². The van der Waals surface area contributed by atoms with Gasteiger partial charge in [-0.05, 0) is 46.5 Å². The van der Waals surface area contributed by atoms with Crippen molar-refractivity contribution in [2.24, 2.45) is 29.4 Å². The Balaban J connectivity index is 1.52. The lowest BCUT2D eigenvalue weighted by Gasteiger charge is -2.36. The smallest absolute Gasteiger partial charge is 0.234 e. The molecule has 7 rings (SSSR count). The number of nitrogens with two attached hydrogens (primary N) is 1. The van der Waals surface area contributed by atoms with E-state index in [0.29, 0.717) is 16.8 Å². The first-order valence-corrected chi connectivity index (χ1v) is 14.2. The highest BCUT2D eigenvalue weighted by Gasteiger charge is 2.66. The van der Waals surface area contributed by atoms with Gasteiger partial charge in [0.05, 0.1) is 23.2 Å². The Morgan fingerprint density at radius 1 is 0.810 bits per heavy atom. The molecule has 2 bridgehead atoms. The van der Waals surface area contributed by atoms with E-state index in [2.05, 4.69) is 4.98 Å². The molecule has 4 aromatic rings. The topological polar surface area (TPSA) is 109 Å². The van der Waals surface area contributed by atoms with Gasteiger partial charge in [-0.15, -0.1) is 0 Å². The number of benzene rings is 2. The fourth-order valence-electron chi connectivity index (χ4n) is 7.26. The monoisotopic (exact) mass is 554 g/mol. The second-order valence-corrected chi connectivity index (χ2v) is 11.0. The summed E-state index contributed by atoms with van der Waals surface area (Å²) < 4.78 is 0. The average molecular weight is 555 g/mol. The van der Waals surface area contributed by atoms with E-state index >= 15 is 0 Å². The zero-order valence-corrected chi connectivity index (χ0v) is 22.9. The van der Waals surface area contributed by atoms with E-state index in [4.69, 9.17) is 10.7 Å². The molecule has 2 aromatic carbocycles. The van der Waals surface area contributed by atoms with Gasteiger partial charge in [0.1, 0.15) is 0 Å². The van der Waals surface area contributed by atoms with Crippen molar-refractivity contribution in [1.82, 2.24) is 14.9 Å². The Kier molecular flexibility index (Phi) is 6.41. The van der Waals surface area contributed by atoms with Crippen LogP contribution in [0, 0.1) is 23.7 Å². The summed E-state index contributed by atoms with van der Waals surface area (Å²) >= 11 is 0. The summed E-state index contributed by atoms with van der Waals surface area (Å²) in [5, 5.41) is 12.9. The highest BCUT2D eigenvalue weighted by atomic mass is 16.3. The third-order valence-electron chi connectivity index (χ3n) is 8.89. The van der Waals surface area contributed by atoms with Crippen LogP contribution in [0.4, 0.5) is 0 Å². The van der Waals surface area contributed by atoms with Crippen LogP contribution in [-0.2, 0) is 15.2 Å². The summed E-state index contributed by atoms with van der Waals surface area (Å²) in [4.78, 5) is 38.5. The standard InChI is InChI=1S/C35H30N4O3/c36-17-20-39-33(40)30-24-21-25(35(42,23-13-5-2-6-14-23)27-16-8-10-19-38-27)31(32(30)34(39)41)29(24)28(22-11-3-1-4-12-22)26-15-7-9-18-37-26/h1-16,18-19,21,24,30-32,42H,17,20,36H2. The maximum Gasteiger partial charge on any atom is 0.234 e. The Hall–Kier alpha value is -4.72. The minimum atomic E-state index is -1.63. The minimum absolute atomic E-state index is 0.174. The van der Waals surface area contributed by atoms with Crippen LogP contribution in [0.15, 0.2) is 127 Å². The molecule has 2 amide bonds. The number of aromatic nitrogens is 2. The Morgan fingerprint density at radius 2 is 1.45 bits per heavy atom. The lowest BCUT2D eigenvalue weighted by molar-refractivity contribution is -0.140. The number of amides is 2. The van der Waals surface area contributed by atoms with E-state index < -0.39 is 29.3 Å². The maximum atomic E-state index is 14.1. The molecule has 1 saturated heterocycles. The van der Waals surface area contributed by atoms with E-state index in [1.807, 2.05) is 97.1 Å². The zero-order chi connectivity index (χ0) is 28.8. The third-order valence-corrected chi connectivity index (χ3v) is 8.89. The van der Waals surface area contributed by atoms with Gasteiger partial charge in [-0.25, -0.2) is 0 Å². The van der Waals surface area contributed by atoms with Gasteiger partial charge in [-0.2, -0.15) is 0 Å². The van der Waals surface area contributed by atoms with Gasteiger partial charge in [0.2, 0.25) is 11.8 Å². The van der Waals surface area contributed by atoms with Crippen LogP contribution in [0.1, 0.15) is 22.5 Å². The Morgan fingerprint density at radius 3 is 2.10 bits per heavy atom. The molecule has 0 radical (unpaired) electrons. The van der Waals surface area contributed by atoms with Gasteiger partial charge in [-0.1, -0.05) is 78.9 Å². The van der Waals surface area contributed by atoms with E-state index in [1.54, 1.807) is 18.5 Å². The van der Waals surface area contributed by atoms with Crippen molar-refractivity contribution < 1.29 is 14.7 Å². The van der Waals surface area contributed by atoms with Gasteiger partial charge >= 0.3 is 0 Å². The number of hydrogen-bond donors (Lipinski definition) is 2. The summed E-state index contributed by atoms with van der Waals surface area (Å²) in [6, 6.07) is 30.6. The van der Waals surface area contributed by atoms with E-state index in [9.17, 15) is 14.7 Å². The highest BCUT2D eigenvalue weighted by molar-refractivity contribution is 6.08. The number of pyridine rings is 2. The van der Waals surface area contributed by atoms with Crippen molar-refractivity contribution in [3.05, 3.63) is 149 Å². The summed E-state index contributed by atoms with van der Waals surface area (Å²) in [6.45, 7) is 0.369. The number of carbonyl (C=O) groups excluding carboxylic acids is 2. The lowest BCUT2D eigenvalue weighted by atomic mass is 9.71. The van der Waals surface area contributed by atoms with Crippen molar-refractivity contribution in [2.45, 2.75) is 5.60 Å². The zero-order valence-electron chi connectivity index (χ0n) is 22.9. The molecule has 2 aromatic heterocycles. The maximum absolute atomic E-state index is 14.1. The van der Waals surface area contributed by atoms with Crippen LogP contribution in [0.3, 0.4) is 0 Å². The largest absolute Gasteiger partial charge is 0.375 e. The Bertz CT molecular complexity index is 1620. The number of allylic oxidation sites excluding steroid dienone is 2. The van der Waals surface area contributed by atoms with Crippen LogP contribution >= 0.6 is 0 Å². The molecule has 2 fully saturated rings. The molecule has 3 aliphatic rings. The van der Waals surface area contributed by atoms with E-state index in [1.165, 1.54) is 4.90 Å². The van der Waals surface area contributed by atoms with E-state index in [-0.39, 0.29) is 24.9 Å². The first-order chi connectivity index (χ1) is 20.6. The predicted octanol–water partition coefficient (Wildman–Crippen LogP) is 3.96. The van der Waals surface area contributed by atoms with Gasteiger partial charge in [0.15, 0.2) is 5.60 Å². The van der Waals surface area contributed by atoms with Gasteiger partial charge < -0.3 is 10.8 Å². The van der Waals surface area contributed by atoms with Gasteiger partial charge in [-0.3, -0.25) is 24.5 Å². The van der Waals surface area contributed by atoms with Crippen LogP contribution in [0.25, 0.3) is 5.57 Å². The van der Waals surface area contributed by atoms with Crippen molar-refractivity contribution in [1.29, 1.82) is 0 Å². The quantitative estimate of drug-likeness (QED) is 0.264. The first kappa shape index (κ1) is 26.2. The molecule has 5 unspecified atom stereocenters. The molecule has 3 N–H and O–H groups in total. The SMILES string of the molecule is NCCN1C(=O)C2C3C=C(C(O)(c4ccccc4)c4ccccn4)C(C3=C(c3ccccc3)c3ccccn3)C2C1=O. The molecule has 208 valence electrons. The molecule has 7 heteroatoms. The molecule has 1 aliphatic heterocycles. The number of imide groups is 1. The normalized spacial score (nSPS) is 25.3. The molecule has 42 heavy (non-hydrogen) atoms. The average Bonchev–Trinajstić information content (AvgIpc) is 3.66. The third kappa shape index (κ3) is 3.81. The summed E-state index contributed by atoms with van der Waals surface area (Å²) in [7, 11) is 0. The Labute approximate surface area is 244 Å². The van der Waals surface area contributed by atoms with Gasteiger partial charge in [0, 0.05) is 42.9 Å². The second kappa shape index (κ2) is 10.3. The molecule has 0 spiro atoms. The predicted molar refractivity (Wildman–Crippen MR) is 158 cm³/mol. The summed E-state index contributed by atoms with van der Waals surface area (Å²) in [5.41, 5.74) is 9.47. The number of fused-ring (bicyclic) bond motifs is 5. The molecule has 3 heterocycles. The lowest BCUT2D eigenvalue weighted by Crippen LogP contribution is -2.39. The number of rotatable bonds is 7. The van der Waals surface area contributed by atoms with Crippen LogP contribution in [0.5, 0.6) is 0 Å². The molecular weight excluding hydrogens is 524 g/mol. The highest BCUT2D eigenvalue weighted by Crippen LogP contribution is 2.64. The number of aliphatic hydroxyl groups is 1. The number of carbonyl (C=O) groups is 2. The van der Waals surface area contributed by atoms with Crippen molar-refractivity contribution in [2.75, 3.05) is 13.1 Å². The molecular formula is C35H30N4O3. The van der Waals surface area contributed by atoms with Crippen molar-refractivity contribution >= 4 is 17.4 Å². The fraction of sp³-hybridized carbons (Fsp3) is 0.200. The van der Waals surface area contributed by atoms with Gasteiger partial charge in [0.25, 0.3) is 0 Å². The molecule has 2 aliphatic carbocycles. The first-order valence-electron chi connectivity index (χ1n) is 14.2. The number of nitrogens with zero attached hydrogens (tertiary/aromatic N) is 3. The minimum Gasteiger partial charge on any atom is -0.375 e. The van der Waals surface area contributed by atoms with Crippen LogP contribution < -0.4 is 5.73 Å². The van der Waals surface area contributed by atoms with Crippen LogP contribution in [-0.4, -0.2) is 44.9 Å². The van der Waals surface area contributed by atoms with Crippen molar-refractivity contribution in [3.8, 4) is 0 Å². The molecule has 5 atom stereocenters. The summed E-state index contributed by atoms with van der Waals surface area (Å²) in [5.74, 6) is -2.64. The van der Waals surface area contributed by atoms with Crippen LogP contribution in [0.2, 0.25) is 0 Å². The fourth-order valence-corrected chi connectivity index (χ4v) is 7.26. The number of likely N-dealkylation sites (tertiary alicyclic amines) is 1. The second-order valence-electron chi connectivity index (χ2n) is 11.0. The molecule has 1 saturated carbocycles. The number of hydrogen-bond acceptors (Lipinski definition) is 6. The van der Waals surface area contributed by atoms with E-state index in [0.717, 1.165) is 22.4 Å². The molecule has 7 nitrogen and oxygen atoms in total.